The number of benzene rings is 9. The molecule has 0 N–H and O–H groups in total. The van der Waals surface area contributed by atoms with Gasteiger partial charge in [0, 0.05) is 120 Å². The second-order valence-corrected chi connectivity index (χ2v) is 51.6. The van der Waals surface area contributed by atoms with Gasteiger partial charge in [-0.1, -0.05) is 214 Å². The molecular formula is C104H94Ir3N6S3Si3-6. The molecule has 9 heterocycles. The first kappa shape index (κ1) is 87.9. The van der Waals surface area contributed by atoms with Gasteiger partial charge in [-0.3, -0.25) is 0 Å². The van der Waals surface area contributed by atoms with Gasteiger partial charge in [0.25, 0.3) is 0 Å². The van der Waals surface area contributed by atoms with Crippen LogP contribution in [0.2, 0.25) is 58.9 Å². The zero-order valence-electron chi connectivity index (χ0n) is 68.5. The van der Waals surface area contributed by atoms with Gasteiger partial charge < -0.3 is 29.9 Å². The topological polar surface area (TPSA) is 77.3 Å². The molecule has 0 bridgehead atoms. The Morgan fingerprint density at radius 2 is 0.672 bits per heavy atom. The first-order valence-electron chi connectivity index (χ1n) is 40.6. The van der Waals surface area contributed by atoms with Gasteiger partial charge >= 0.3 is 0 Å². The minimum Gasteiger partial charge on any atom is -0.305 e. The maximum absolute atomic E-state index is 4.56. The molecule has 3 aliphatic rings. The maximum Gasteiger partial charge on any atom is 0.0794 e. The summed E-state index contributed by atoms with van der Waals surface area (Å²) in [5.74, 6) is 2.31. The molecule has 6 nitrogen and oxygen atoms in total. The van der Waals surface area contributed by atoms with Crippen molar-refractivity contribution in [3.05, 3.63) is 345 Å². The molecule has 0 aliphatic heterocycles. The summed E-state index contributed by atoms with van der Waals surface area (Å²) in [4.78, 5) is 27.1. The van der Waals surface area contributed by atoms with Crippen molar-refractivity contribution in [2.75, 3.05) is 0 Å². The second-order valence-electron chi connectivity index (χ2n) is 33.3. The van der Waals surface area contributed by atoms with E-state index in [1.807, 2.05) is 186 Å². The molecule has 3 saturated carbocycles. The number of thiophene rings is 3. The van der Waals surface area contributed by atoms with E-state index in [0.29, 0.717) is 0 Å². The quantitative estimate of drug-likeness (QED) is 0.0896. The summed E-state index contributed by atoms with van der Waals surface area (Å²) in [6.07, 6.45) is 22.4. The fourth-order valence-electron chi connectivity index (χ4n) is 15.4. The molecule has 603 valence electrons. The van der Waals surface area contributed by atoms with Gasteiger partial charge in [0.15, 0.2) is 0 Å². The van der Waals surface area contributed by atoms with Crippen LogP contribution in [0, 0.1) is 36.4 Å². The van der Waals surface area contributed by atoms with Gasteiger partial charge in [0.1, 0.15) is 0 Å². The number of aromatic nitrogens is 6. The third-order valence-corrected chi connectivity index (χ3v) is 31.7. The maximum atomic E-state index is 4.56. The van der Waals surface area contributed by atoms with Crippen molar-refractivity contribution in [2.24, 2.45) is 0 Å². The number of hydrogen-bond donors (Lipinski definition) is 0. The van der Waals surface area contributed by atoms with Crippen LogP contribution in [-0.4, -0.2) is 54.1 Å². The largest absolute Gasteiger partial charge is 0.305 e. The smallest absolute Gasteiger partial charge is 0.0794 e. The van der Waals surface area contributed by atoms with Crippen molar-refractivity contribution in [1.82, 2.24) is 29.9 Å². The first-order chi connectivity index (χ1) is 56.5. The van der Waals surface area contributed by atoms with Crippen LogP contribution in [0.5, 0.6) is 0 Å². The Bertz CT molecular complexity index is 6190. The average molecular weight is 2190 g/mol. The van der Waals surface area contributed by atoms with Crippen molar-refractivity contribution >= 4 is 134 Å². The van der Waals surface area contributed by atoms with Crippen LogP contribution in [0.1, 0.15) is 85.8 Å². The normalized spacial score (nSPS) is 13.2. The van der Waals surface area contributed by atoms with Crippen molar-refractivity contribution < 1.29 is 60.3 Å². The number of nitrogens with zero attached hydrogens (tertiary/aromatic N) is 6. The number of fused-ring (bicyclic) bond motifs is 9. The van der Waals surface area contributed by atoms with E-state index in [9.17, 15) is 0 Å². The van der Waals surface area contributed by atoms with Crippen molar-refractivity contribution in [3.63, 3.8) is 0 Å². The summed E-state index contributed by atoms with van der Waals surface area (Å²) in [6, 6.07) is 108. The fraction of sp³-hybridized carbons (Fsp3) is 0.192. The average Bonchev–Trinajstić information content (AvgIpc) is 1.61. The SMILES string of the molecule is C[Si](C)(C)c1c[c-]c(-c2ccccn2)c2sc3ccccc3c12.C[Si](C)(C)c1cccc2c1sc1c(-c3ccccn3)[c-]ccc12.C[Si](C)(C)c1cccc2sc3c(-c4ccccn4)[c-]ccc3c12.[Ir].[Ir].[Ir].[c-]1ccccc1-c1ccc(C2CC2)cn1.[c-]1ccccc1-c1ccc(C2CC2)cn1.[c-]1ccccc1-c1ccc(C2CCCC2)cn1. The van der Waals surface area contributed by atoms with Crippen LogP contribution in [0.25, 0.3) is 128 Å². The van der Waals surface area contributed by atoms with Gasteiger partial charge in [0.05, 0.1) is 16.1 Å². The molecule has 9 aromatic carbocycles. The van der Waals surface area contributed by atoms with Gasteiger partial charge in [-0.25, -0.2) is 0 Å². The predicted molar refractivity (Wildman–Crippen MR) is 504 cm³/mol. The van der Waals surface area contributed by atoms with E-state index in [1.165, 1.54) is 134 Å². The van der Waals surface area contributed by atoms with E-state index >= 15 is 0 Å². The minimum atomic E-state index is -1.45. The number of rotatable bonds is 12. The molecule has 0 unspecified atom stereocenters. The molecule has 18 aromatic rings. The Hall–Kier alpha value is -8.86. The first-order valence-corrected chi connectivity index (χ1v) is 53.5. The van der Waals surface area contributed by atoms with Crippen LogP contribution in [0.4, 0.5) is 0 Å². The predicted octanol–water partition coefficient (Wildman–Crippen LogP) is 27.4. The zero-order valence-corrected chi connectivity index (χ0v) is 81.1. The third-order valence-electron chi connectivity index (χ3n) is 21.8. The van der Waals surface area contributed by atoms with Crippen LogP contribution in [0.15, 0.2) is 292 Å². The van der Waals surface area contributed by atoms with Gasteiger partial charge in [-0.2, -0.15) is 34.0 Å². The second kappa shape index (κ2) is 39.8. The van der Waals surface area contributed by atoms with Crippen LogP contribution >= 0.6 is 34.0 Å². The molecule has 15 heteroatoms. The molecule has 9 aromatic heterocycles. The summed E-state index contributed by atoms with van der Waals surface area (Å²) in [7, 11) is -4.21. The summed E-state index contributed by atoms with van der Waals surface area (Å²) >= 11 is 5.63. The fourth-order valence-corrected chi connectivity index (χ4v) is 24.9. The van der Waals surface area contributed by atoms with Crippen LogP contribution < -0.4 is 15.6 Å². The van der Waals surface area contributed by atoms with Gasteiger partial charge in [-0.15, -0.1) is 178 Å². The van der Waals surface area contributed by atoms with E-state index in [4.69, 9.17) is 0 Å². The molecule has 0 saturated heterocycles. The molecule has 0 atom stereocenters. The number of pyridine rings is 6. The summed E-state index contributed by atoms with van der Waals surface area (Å²) in [5.41, 5.74) is 16.8. The van der Waals surface area contributed by atoms with E-state index in [2.05, 4.69) is 265 Å². The molecule has 119 heavy (non-hydrogen) atoms. The third kappa shape index (κ3) is 21.0. The van der Waals surface area contributed by atoms with Gasteiger partial charge in [-0.05, 0) is 173 Å². The van der Waals surface area contributed by atoms with E-state index in [1.54, 1.807) is 10.4 Å². The standard InChI is InChI=1S/3C20H18NSSi.C16H16N.2C14H12N.3Ir/c1-23(2,3)18-12-7-9-15-14-8-6-10-16(19(14)22-20(15)18)17-11-4-5-13-21-17;1-23(2,3)18-12-7-11-17-19(18)15-9-6-8-14(20(15)22-17)16-10-4-5-13-21-16;1-23(2,3)18-12-11-14(16-9-6-7-13-21-16)20-19(18)15-8-4-5-10-17(15)22-20;1-2-8-14(9-3-1)16-11-10-15(12-17-16)13-6-4-5-7-13;2*1-2-4-12(5-3-1)14-9-8-13(10-15-14)11-6-7-11;;;/h4-9,11-13H,1-3H3;4-7,9-13H,1-3H3;4-10,12-13H,1-3H3;1-3,8,10-13H,4-7H2;2*1-4,8-11H,6-7H2;;;/q6*-1;;;. The zero-order chi connectivity index (χ0) is 79.8. The van der Waals surface area contributed by atoms with Crippen LogP contribution in [0.3, 0.4) is 0 Å². The summed E-state index contributed by atoms with van der Waals surface area (Å²) < 4.78 is 8.08. The Morgan fingerprint density at radius 1 is 0.277 bits per heavy atom. The monoisotopic (exact) mass is 2190 g/mol. The van der Waals surface area contributed by atoms with E-state index < -0.39 is 24.2 Å². The van der Waals surface area contributed by atoms with Crippen molar-refractivity contribution in [1.29, 1.82) is 0 Å². The molecule has 21 rings (SSSR count). The molecular weight excluding hydrogens is 2090 g/mol. The van der Waals surface area contributed by atoms with E-state index in [0.717, 1.165) is 85.3 Å². The van der Waals surface area contributed by atoms with Crippen LogP contribution in [-0.2, 0) is 60.3 Å². The molecule has 3 fully saturated rings. The number of hydrogen-bond acceptors (Lipinski definition) is 9. The van der Waals surface area contributed by atoms with Gasteiger partial charge in [0.2, 0.25) is 0 Å². The Labute approximate surface area is 757 Å². The molecule has 3 aliphatic carbocycles. The Balaban J connectivity index is 0.000000124. The molecule has 0 amide bonds. The summed E-state index contributed by atoms with van der Waals surface area (Å²) in [5, 5.41) is 12.9. The Morgan fingerprint density at radius 3 is 1.11 bits per heavy atom. The van der Waals surface area contributed by atoms with Crippen molar-refractivity contribution in [3.8, 4) is 67.5 Å². The summed E-state index contributed by atoms with van der Waals surface area (Å²) in [6.45, 7) is 21.7. The molecule has 3 radical (unpaired) electrons. The van der Waals surface area contributed by atoms with E-state index in [-0.39, 0.29) is 60.3 Å². The minimum absolute atomic E-state index is 0. The van der Waals surface area contributed by atoms with Crippen molar-refractivity contribution in [2.45, 2.75) is 128 Å². The molecule has 0 spiro atoms. The Kier molecular flexibility index (Phi) is 29.4.